The number of carbonyl (C=O) groups is 2. The molecule has 0 spiro atoms. The lowest BCUT2D eigenvalue weighted by Crippen LogP contribution is -2.39. The van der Waals surface area contributed by atoms with E-state index in [1.165, 1.54) is 0 Å². The Morgan fingerprint density at radius 1 is 1.42 bits per heavy atom. The number of hydrogen-bond acceptors (Lipinski definition) is 3. The van der Waals surface area contributed by atoms with Crippen molar-refractivity contribution < 1.29 is 18.4 Å². The van der Waals surface area contributed by atoms with Crippen LogP contribution in [0.5, 0.6) is 0 Å². The summed E-state index contributed by atoms with van der Waals surface area (Å²) in [7, 11) is 0. The summed E-state index contributed by atoms with van der Waals surface area (Å²) < 4.78 is 26.4. The molecule has 0 fully saturated rings. The number of nitrogens with zero attached hydrogens (tertiary/aromatic N) is 2. The van der Waals surface area contributed by atoms with Crippen LogP contribution in [0.2, 0.25) is 0 Å². The topological polar surface area (TPSA) is 76.3 Å². The third-order valence-electron chi connectivity index (χ3n) is 2.49. The minimum atomic E-state index is -1.35. The second-order valence-electron chi connectivity index (χ2n) is 4.01. The van der Waals surface area contributed by atoms with E-state index < -0.39 is 29.1 Å². The van der Waals surface area contributed by atoms with E-state index in [0.29, 0.717) is 6.42 Å². The third kappa shape index (κ3) is 3.97. The minimum Gasteiger partial charge on any atom is -0.368 e. The van der Waals surface area contributed by atoms with E-state index in [1.54, 1.807) is 0 Å². The molecule has 7 heteroatoms. The first-order valence-corrected chi connectivity index (χ1v) is 5.85. The number of halogens is 2. The van der Waals surface area contributed by atoms with E-state index in [2.05, 4.69) is 4.98 Å². The molecular weight excluding hydrogens is 256 g/mol. The van der Waals surface area contributed by atoms with Gasteiger partial charge in [0.1, 0.15) is 0 Å². The van der Waals surface area contributed by atoms with Crippen LogP contribution in [0.1, 0.15) is 30.1 Å². The van der Waals surface area contributed by atoms with E-state index in [4.69, 9.17) is 5.73 Å². The number of rotatable bonds is 6. The molecule has 0 unspecified atom stereocenters. The SMILES string of the molecule is CCCCN(CC(N)=O)C(=O)c1ccnc(F)c1F. The molecule has 0 aromatic carbocycles. The van der Waals surface area contributed by atoms with Gasteiger partial charge in [0.25, 0.3) is 5.91 Å². The Morgan fingerprint density at radius 3 is 2.68 bits per heavy atom. The van der Waals surface area contributed by atoms with Crippen LogP contribution < -0.4 is 5.73 Å². The zero-order chi connectivity index (χ0) is 14.4. The largest absolute Gasteiger partial charge is 0.368 e. The van der Waals surface area contributed by atoms with Gasteiger partial charge < -0.3 is 10.6 Å². The van der Waals surface area contributed by atoms with Crippen molar-refractivity contribution in [2.75, 3.05) is 13.1 Å². The fraction of sp³-hybridized carbons (Fsp3) is 0.417. The van der Waals surface area contributed by atoms with Crippen molar-refractivity contribution in [3.05, 3.63) is 29.6 Å². The molecule has 1 heterocycles. The highest BCUT2D eigenvalue weighted by atomic mass is 19.2. The number of aromatic nitrogens is 1. The van der Waals surface area contributed by atoms with Crippen LogP contribution >= 0.6 is 0 Å². The molecule has 5 nitrogen and oxygen atoms in total. The third-order valence-corrected chi connectivity index (χ3v) is 2.49. The van der Waals surface area contributed by atoms with Crippen molar-refractivity contribution in [3.8, 4) is 0 Å². The van der Waals surface area contributed by atoms with Gasteiger partial charge in [-0.15, -0.1) is 0 Å². The van der Waals surface area contributed by atoms with E-state index in [9.17, 15) is 18.4 Å². The highest BCUT2D eigenvalue weighted by Gasteiger charge is 2.22. The van der Waals surface area contributed by atoms with Crippen LogP contribution in [-0.4, -0.2) is 34.8 Å². The predicted molar refractivity (Wildman–Crippen MR) is 64.2 cm³/mol. The van der Waals surface area contributed by atoms with Crippen LogP contribution in [0.3, 0.4) is 0 Å². The van der Waals surface area contributed by atoms with Crippen LogP contribution in [0.4, 0.5) is 8.78 Å². The lowest BCUT2D eigenvalue weighted by Gasteiger charge is -2.21. The van der Waals surface area contributed by atoms with Crippen molar-refractivity contribution in [2.24, 2.45) is 5.73 Å². The number of hydrogen-bond donors (Lipinski definition) is 1. The molecule has 2 N–H and O–H groups in total. The molecule has 0 aliphatic rings. The summed E-state index contributed by atoms with van der Waals surface area (Å²) in [4.78, 5) is 27.2. The summed E-state index contributed by atoms with van der Waals surface area (Å²) in [6, 6.07) is 1.07. The van der Waals surface area contributed by atoms with Gasteiger partial charge in [-0.2, -0.15) is 4.39 Å². The monoisotopic (exact) mass is 271 g/mol. The van der Waals surface area contributed by atoms with Gasteiger partial charge in [0.15, 0.2) is 5.82 Å². The van der Waals surface area contributed by atoms with Crippen molar-refractivity contribution in [1.82, 2.24) is 9.88 Å². The zero-order valence-electron chi connectivity index (χ0n) is 10.5. The van der Waals surface area contributed by atoms with Crippen LogP contribution in [0.25, 0.3) is 0 Å². The number of unbranched alkanes of at least 4 members (excludes halogenated alkanes) is 1. The van der Waals surface area contributed by atoms with Gasteiger partial charge in [-0.3, -0.25) is 9.59 Å². The normalized spacial score (nSPS) is 10.3. The number of nitrogens with two attached hydrogens (primary N) is 1. The summed E-state index contributed by atoms with van der Waals surface area (Å²) in [5, 5.41) is 0. The molecule has 0 atom stereocenters. The zero-order valence-corrected chi connectivity index (χ0v) is 10.5. The lowest BCUT2D eigenvalue weighted by atomic mass is 10.2. The Hall–Kier alpha value is -2.05. The number of primary amides is 1. The maximum Gasteiger partial charge on any atom is 0.257 e. The van der Waals surface area contributed by atoms with Gasteiger partial charge in [0.2, 0.25) is 11.9 Å². The average Bonchev–Trinajstić information content (AvgIpc) is 2.36. The molecule has 1 rings (SSSR count). The molecule has 0 saturated heterocycles. The Bertz CT molecular complexity index is 480. The van der Waals surface area contributed by atoms with Crippen molar-refractivity contribution in [1.29, 1.82) is 0 Å². The van der Waals surface area contributed by atoms with E-state index in [-0.39, 0.29) is 13.1 Å². The Morgan fingerprint density at radius 2 is 2.11 bits per heavy atom. The molecule has 0 bridgehead atoms. The van der Waals surface area contributed by atoms with Gasteiger partial charge in [-0.25, -0.2) is 9.37 Å². The summed E-state index contributed by atoms with van der Waals surface area (Å²) in [6.07, 6.45) is 2.41. The van der Waals surface area contributed by atoms with Gasteiger partial charge in [0.05, 0.1) is 12.1 Å². The molecule has 1 aromatic rings. The fourth-order valence-corrected chi connectivity index (χ4v) is 1.54. The summed E-state index contributed by atoms with van der Waals surface area (Å²) in [5.41, 5.74) is 4.58. The van der Waals surface area contributed by atoms with Crippen molar-refractivity contribution in [2.45, 2.75) is 19.8 Å². The first-order chi connectivity index (χ1) is 8.97. The second-order valence-corrected chi connectivity index (χ2v) is 4.01. The van der Waals surface area contributed by atoms with Crippen LogP contribution in [0.15, 0.2) is 12.3 Å². The van der Waals surface area contributed by atoms with Gasteiger partial charge in [-0.05, 0) is 12.5 Å². The van der Waals surface area contributed by atoms with E-state index in [1.807, 2.05) is 6.92 Å². The predicted octanol–water partition coefficient (Wildman–Crippen LogP) is 1.09. The highest BCUT2D eigenvalue weighted by Crippen LogP contribution is 2.12. The molecule has 0 saturated carbocycles. The standard InChI is InChI=1S/C12H15F2N3O2/c1-2-3-6-17(7-9(15)18)12(19)8-4-5-16-11(14)10(8)13/h4-5H,2-3,6-7H2,1H3,(H2,15,18). The highest BCUT2D eigenvalue weighted by molar-refractivity contribution is 5.96. The number of amides is 2. The maximum atomic E-state index is 13.5. The molecule has 0 aliphatic heterocycles. The second kappa shape index (κ2) is 6.77. The van der Waals surface area contributed by atoms with Gasteiger partial charge >= 0.3 is 0 Å². The summed E-state index contributed by atoms with van der Waals surface area (Å²) >= 11 is 0. The summed E-state index contributed by atoms with van der Waals surface area (Å²) in [6.45, 7) is 1.82. The van der Waals surface area contributed by atoms with Crippen LogP contribution in [0, 0.1) is 11.8 Å². The Balaban J connectivity index is 2.97. The molecule has 0 aliphatic carbocycles. The molecule has 1 aromatic heterocycles. The fourth-order valence-electron chi connectivity index (χ4n) is 1.54. The molecule has 2 amide bonds. The lowest BCUT2D eigenvalue weighted by molar-refractivity contribution is -0.118. The first kappa shape index (κ1) is 15.0. The molecule has 0 radical (unpaired) electrons. The quantitative estimate of drug-likeness (QED) is 0.787. The number of carbonyl (C=O) groups excluding carboxylic acids is 2. The minimum absolute atomic E-state index is 0.252. The Kier molecular flexibility index (Phi) is 5.35. The summed E-state index contributed by atoms with van der Waals surface area (Å²) in [5.74, 6) is -4.15. The van der Waals surface area contributed by atoms with Crippen molar-refractivity contribution in [3.63, 3.8) is 0 Å². The number of pyridine rings is 1. The van der Waals surface area contributed by atoms with E-state index >= 15 is 0 Å². The van der Waals surface area contributed by atoms with Gasteiger partial charge in [-0.1, -0.05) is 13.3 Å². The molecular formula is C12H15F2N3O2. The first-order valence-electron chi connectivity index (χ1n) is 5.85. The Labute approximate surface area is 109 Å². The van der Waals surface area contributed by atoms with E-state index in [0.717, 1.165) is 23.6 Å². The maximum absolute atomic E-state index is 13.5. The van der Waals surface area contributed by atoms with Crippen molar-refractivity contribution >= 4 is 11.8 Å². The molecule has 104 valence electrons. The van der Waals surface area contributed by atoms with Gasteiger partial charge in [0, 0.05) is 12.7 Å². The smallest absolute Gasteiger partial charge is 0.257 e. The average molecular weight is 271 g/mol. The molecule has 19 heavy (non-hydrogen) atoms. The van der Waals surface area contributed by atoms with Crippen LogP contribution in [-0.2, 0) is 4.79 Å².